The summed E-state index contributed by atoms with van der Waals surface area (Å²) >= 11 is 1.22. The molecule has 0 saturated carbocycles. The summed E-state index contributed by atoms with van der Waals surface area (Å²) in [6.45, 7) is 0. The van der Waals surface area contributed by atoms with E-state index in [4.69, 9.17) is 20.4 Å². The largest absolute Gasteiger partial charge is 0.308 e. The van der Waals surface area contributed by atoms with Crippen LogP contribution in [0.3, 0.4) is 0 Å². The summed E-state index contributed by atoms with van der Waals surface area (Å²) < 4.78 is 57.2. The summed E-state index contributed by atoms with van der Waals surface area (Å²) in [5.41, 5.74) is 5.75. The molecule has 0 spiro atoms. The third-order valence-electron chi connectivity index (χ3n) is 10.0. The molecule has 252 valence electrons. The van der Waals surface area contributed by atoms with Crippen LogP contribution in [0.4, 0.5) is 0 Å². The van der Waals surface area contributed by atoms with Gasteiger partial charge in [-0.1, -0.05) is 158 Å². The molecule has 11 rings (SSSR count). The average molecular weight is 713 g/mol. The molecular formula is C49H30N4S. The van der Waals surface area contributed by atoms with E-state index in [1.807, 2.05) is 97.1 Å². The van der Waals surface area contributed by atoms with E-state index in [2.05, 4.69) is 47.0 Å². The van der Waals surface area contributed by atoms with E-state index in [9.17, 15) is 2.74 Å². The van der Waals surface area contributed by atoms with E-state index in [0.717, 1.165) is 43.7 Å². The molecular weight excluding hydrogens is 677 g/mol. The zero-order valence-electron chi connectivity index (χ0n) is 34.6. The summed E-state index contributed by atoms with van der Waals surface area (Å²) in [5, 5.41) is 4.67. The third-order valence-corrected chi connectivity index (χ3v) is 11.2. The van der Waals surface area contributed by atoms with Crippen LogP contribution in [0.2, 0.25) is 0 Å². The molecule has 0 amide bonds. The highest BCUT2D eigenvalue weighted by molar-refractivity contribution is 7.26. The molecule has 8 aromatic carbocycles. The van der Waals surface area contributed by atoms with Gasteiger partial charge in [-0.3, -0.25) is 0 Å². The summed E-state index contributed by atoms with van der Waals surface area (Å²) in [4.78, 5) is 15.6. The van der Waals surface area contributed by atoms with Crippen LogP contribution in [0.25, 0.3) is 104 Å². The molecule has 0 saturated heterocycles. The zero-order valence-corrected chi connectivity index (χ0v) is 29.4. The molecule has 0 N–H and O–H groups in total. The topological polar surface area (TPSA) is 43.6 Å². The van der Waals surface area contributed by atoms with E-state index in [0.29, 0.717) is 54.6 Å². The molecule has 0 aliphatic heterocycles. The zero-order chi connectivity index (χ0) is 40.8. The van der Waals surface area contributed by atoms with Crippen molar-refractivity contribution in [3.8, 4) is 51.0 Å². The fourth-order valence-corrected chi connectivity index (χ4v) is 8.74. The molecule has 4 nitrogen and oxygen atoms in total. The number of benzene rings is 8. The number of para-hydroxylation sites is 3. The Balaban J connectivity index is 1.32. The number of aromatic nitrogens is 4. The van der Waals surface area contributed by atoms with Crippen LogP contribution in [-0.4, -0.2) is 19.5 Å². The summed E-state index contributed by atoms with van der Waals surface area (Å²) in [6.07, 6.45) is 0. The number of hydrogen-bond donors (Lipinski definition) is 0. The summed E-state index contributed by atoms with van der Waals surface area (Å²) in [6, 6.07) is 46.7. The molecule has 0 atom stereocenters. The Morgan fingerprint density at radius 2 is 1.04 bits per heavy atom. The van der Waals surface area contributed by atoms with E-state index < -0.39 is 0 Å². The minimum atomic E-state index is -0.304. The molecule has 5 heteroatoms. The number of hydrogen-bond acceptors (Lipinski definition) is 4. The molecule has 0 aliphatic carbocycles. The fraction of sp³-hybridized carbons (Fsp3) is 0. The highest BCUT2D eigenvalue weighted by Gasteiger charge is 2.24. The Morgan fingerprint density at radius 3 is 1.85 bits per heavy atom. The average Bonchev–Trinajstić information content (AvgIpc) is 3.85. The summed E-state index contributed by atoms with van der Waals surface area (Å²) in [7, 11) is 0. The first-order valence-electron chi connectivity index (χ1n) is 20.6. The Bertz CT molecular complexity index is 3520. The lowest BCUT2D eigenvalue weighted by Gasteiger charge is -2.19. The van der Waals surface area contributed by atoms with Gasteiger partial charge in [0.15, 0.2) is 17.5 Å². The van der Waals surface area contributed by atoms with Crippen molar-refractivity contribution in [3.63, 3.8) is 0 Å². The molecule has 11 aromatic rings. The highest BCUT2D eigenvalue weighted by atomic mass is 32.1. The number of fused-ring (bicyclic) bond motifs is 7. The number of thiophene rings is 1. The van der Waals surface area contributed by atoms with Crippen LogP contribution in [0, 0.1) is 0 Å². The van der Waals surface area contributed by atoms with Crippen molar-refractivity contribution in [2.75, 3.05) is 0 Å². The first kappa shape index (κ1) is 25.1. The third kappa shape index (κ3) is 4.79. The minimum Gasteiger partial charge on any atom is -0.308 e. The lowest BCUT2D eigenvalue weighted by Crippen LogP contribution is -2.05. The highest BCUT2D eigenvalue weighted by Crippen LogP contribution is 2.45. The lowest BCUT2D eigenvalue weighted by molar-refractivity contribution is 1.07. The van der Waals surface area contributed by atoms with Gasteiger partial charge in [-0.25, -0.2) is 15.0 Å². The standard InChI is InChI=1S/C49H30N4S/c1-2-16-32(17-3-1)47-50-48(40-26-12-18-31-15-4-5-19-33(31)40)52-49(51-47)41-27-13-23-37(39-25-14-24-38-36-22-8-11-30-44(36)54-46(38)39)45(41)53-42-28-9-6-20-34(42)35-21-7-10-29-43(35)53/h1-30H/i8D,14D,22D,24D,25D,30D. The Hall–Kier alpha value is -6.95. The first-order chi connectivity index (χ1) is 29.3. The second-order valence-electron chi connectivity index (χ2n) is 13.1. The monoisotopic (exact) mass is 712 g/mol. The quantitative estimate of drug-likeness (QED) is 0.178. The number of nitrogens with zero attached hydrogens (tertiary/aromatic N) is 4. The van der Waals surface area contributed by atoms with Crippen molar-refractivity contribution in [2.45, 2.75) is 0 Å². The van der Waals surface area contributed by atoms with Gasteiger partial charge in [0.2, 0.25) is 0 Å². The molecule has 0 fully saturated rings. The maximum absolute atomic E-state index is 9.59. The van der Waals surface area contributed by atoms with E-state index in [1.54, 1.807) is 0 Å². The first-order valence-corrected chi connectivity index (χ1v) is 18.4. The Morgan fingerprint density at radius 1 is 0.426 bits per heavy atom. The van der Waals surface area contributed by atoms with Gasteiger partial charge in [-0.15, -0.1) is 11.3 Å². The maximum Gasteiger partial charge on any atom is 0.166 e. The normalized spacial score (nSPS) is 13.3. The van der Waals surface area contributed by atoms with Crippen LogP contribution >= 0.6 is 11.3 Å². The maximum atomic E-state index is 9.59. The smallest absolute Gasteiger partial charge is 0.166 e. The van der Waals surface area contributed by atoms with Gasteiger partial charge >= 0.3 is 0 Å². The van der Waals surface area contributed by atoms with Crippen molar-refractivity contribution >= 4 is 64.1 Å². The second-order valence-corrected chi connectivity index (χ2v) is 14.1. The second kappa shape index (κ2) is 12.3. The van der Waals surface area contributed by atoms with Gasteiger partial charge in [-0.05, 0) is 35.0 Å². The van der Waals surface area contributed by atoms with Crippen LogP contribution in [0.5, 0.6) is 0 Å². The fourth-order valence-electron chi connectivity index (χ4n) is 7.64. The Kier molecular flexibility index (Phi) is 5.73. The van der Waals surface area contributed by atoms with Gasteiger partial charge in [-0.2, -0.15) is 0 Å². The van der Waals surface area contributed by atoms with E-state index in [-0.39, 0.29) is 41.6 Å². The lowest BCUT2D eigenvalue weighted by atomic mass is 9.97. The van der Waals surface area contributed by atoms with Gasteiger partial charge in [0, 0.05) is 58.8 Å². The predicted octanol–water partition coefficient (Wildman–Crippen LogP) is 13.2. The molecule has 54 heavy (non-hydrogen) atoms. The molecule has 0 aliphatic rings. The molecule has 0 unspecified atom stereocenters. The van der Waals surface area contributed by atoms with E-state index in [1.165, 1.54) is 17.4 Å². The van der Waals surface area contributed by atoms with Crippen LogP contribution < -0.4 is 0 Å². The van der Waals surface area contributed by atoms with Crippen molar-refractivity contribution in [2.24, 2.45) is 0 Å². The van der Waals surface area contributed by atoms with Crippen molar-refractivity contribution in [1.29, 1.82) is 0 Å². The van der Waals surface area contributed by atoms with Crippen LogP contribution in [0.1, 0.15) is 8.22 Å². The van der Waals surface area contributed by atoms with Crippen molar-refractivity contribution < 1.29 is 8.22 Å². The minimum absolute atomic E-state index is 0.0616. The van der Waals surface area contributed by atoms with Gasteiger partial charge < -0.3 is 4.57 Å². The van der Waals surface area contributed by atoms with Gasteiger partial charge in [0.25, 0.3) is 0 Å². The molecule has 0 bridgehead atoms. The Labute approximate surface area is 323 Å². The molecule has 3 aromatic heterocycles. The SMILES string of the molecule is [2H]c1cc([2H])c2sc3c(-c4cccc(-c5nc(-c6ccccc6)nc(-c6cccc7ccccc67)n5)c4-n4c5ccccc5c5ccccc54)c([2H])c([2H])c([2H])c3c2c1[2H]. The summed E-state index contributed by atoms with van der Waals surface area (Å²) in [5.74, 6) is 1.37. The van der Waals surface area contributed by atoms with Crippen molar-refractivity contribution in [3.05, 3.63) is 182 Å². The predicted molar refractivity (Wildman–Crippen MR) is 226 cm³/mol. The van der Waals surface area contributed by atoms with Crippen molar-refractivity contribution in [1.82, 2.24) is 19.5 Å². The molecule has 3 heterocycles. The van der Waals surface area contributed by atoms with Gasteiger partial charge in [0.05, 0.1) is 24.9 Å². The molecule has 0 radical (unpaired) electrons. The van der Waals surface area contributed by atoms with Crippen LogP contribution in [0.15, 0.2) is 182 Å². The number of rotatable bonds is 5. The van der Waals surface area contributed by atoms with Crippen LogP contribution in [-0.2, 0) is 0 Å². The van der Waals surface area contributed by atoms with E-state index >= 15 is 0 Å². The van der Waals surface area contributed by atoms with Gasteiger partial charge in [0.1, 0.15) is 0 Å².